The van der Waals surface area contributed by atoms with E-state index in [4.69, 9.17) is 18.0 Å². The van der Waals surface area contributed by atoms with Gasteiger partial charge in [0.1, 0.15) is 0 Å². The van der Waals surface area contributed by atoms with Gasteiger partial charge in [0.05, 0.1) is 10.9 Å². The first-order chi connectivity index (χ1) is 7.34. The maximum Gasteiger partial charge on any atom is 0.232 e. The minimum atomic E-state index is -0.344. The first-order valence-electron chi connectivity index (χ1n) is 5.59. The summed E-state index contributed by atoms with van der Waals surface area (Å²) < 4.78 is 0. The molecular formula is C11H21N3OS. The highest BCUT2D eigenvalue weighted by Crippen LogP contribution is 2.21. The zero-order valence-corrected chi connectivity index (χ0v) is 11.3. The van der Waals surface area contributed by atoms with E-state index < -0.39 is 0 Å². The van der Waals surface area contributed by atoms with Gasteiger partial charge in [0.2, 0.25) is 5.91 Å². The second-order valence-corrected chi connectivity index (χ2v) is 5.35. The van der Waals surface area contributed by atoms with Gasteiger partial charge in [0.15, 0.2) is 0 Å². The molecular weight excluding hydrogens is 222 g/mol. The second-order valence-electron chi connectivity index (χ2n) is 4.88. The van der Waals surface area contributed by atoms with Crippen LogP contribution in [0.2, 0.25) is 0 Å². The van der Waals surface area contributed by atoms with Crippen molar-refractivity contribution in [2.24, 2.45) is 17.6 Å². The molecule has 4 nitrogen and oxygen atoms in total. The third kappa shape index (κ3) is 2.71. The van der Waals surface area contributed by atoms with E-state index in [1.165, 1.54) is 0 Å². The number of thiocarbonyl (C=S) groups is 1. The molecule has 3 atom stereocenters. The van der Waals surface area contributed by atoms with Crippen LogP contribution in [0.4, 0.5) is 0 Å². The number of likely N-dealkylation sites (N-methyl/N-ethyl adjacent to an activating group) is 1. The maximum atomic E-state index is 12.0. The van der Waals surface area contributed by atoms with Crippen LogP contribution in [0.1, 0.15) is 13.8 Å². The molecule has 5 heteroatoms. The normalized spacial score (nSPS) is 27.2. The molecule has 92 valence electrons. The van der Waals surface area contributed by atoms with Crippen LogP contribution in [0, 0.1) is 11.8 Å². The van der Waals surface area contributed by atoms with Gasteiger partial charge in [-0.25, -0.2) is 0 Å². The molecule has 0 radical (unpaired) electrons. The van der Waals surface area contributed by atoms with Crippen LogP contribution in [-0.2, 0) is 4.79 Å². The molecule has 0 bridgehead atoms. The summed E-state index contributed by atoms with van der Waals surface area (Å²) in [5.74, 6) is 0.212. The van der Waals surface area contributed by atoms with Gasteiger partial charge in [-0.15, -0.1) is 0 Å². The number of carbonyl (C=O) groups is 1. The van der Waals surface area contributed by atoms with E-state index in [0.29, 0.717) is 12.0 Å². The SMILES string of the molecule is CC(C(=O)N1CC(C)C(N(C)C)C1)C(N)=S. The third-order valence-corrected chi connectivity index (χ3v) is 3.70. The fourth-order valence-electron chi connectivity index (χ4n) is 2.20. The summed E-state index contributed by atoms with van der Waals surface area (Å²) >= 11 is 4.86. The summed E-state index contributed by atoms with van der Waals surface area (Å²) in [5.41, 5.74) is 5.51. The summed E-state index contributed by atoms with van der Waals surface area (Å²) in [6, 6.07) is 0.433. The number of hydrogen-bond donors (Lipinski definition) is 1. The molecule has 0 aromatic rings. The number of amides is 1. The molecule has 16 heavy (non-hydrogen) atoms. The first-order valence-corrected chi connectivity index (χ1v) is 6.00. The lowest BCUT2D eigenvalue weighted by Crippen LogP contribution is -2.40. The van der Waals surface area contributed by atoms with Crippen molar-refractivity contribution in [1.29, 1.82) is 0 Å². The largest absolute Gasteiger partial charge is 0.393 e. The summed E-state index contributed by atoms with van der Waals surface area (Å²) in [6.45, 7) is 5.52. The van der Waals surface area contributed by atoms with E-state index in [1.54, 1.807) is 6.92 Å². The maximum absolute atomic E-state index is 12.0. The number of hydrogen-bond acceptors (Lipinski definition) is 3. The van der Waals surface area contributed by atoms with Crippen LogP contribution in [-0.4, -0.2) is 53.9 Å². The molecule has 1 saturated heterocycles. The Morgan fingerprint density at radius 1 is 1.50 bits per heavy atom. The van der Waals surface area contributed by atoms with Gasteiger partial charge in [-0.1, -0.05) is 19.1 Å². The fraction of sp³-hybridized carbons (Fsp3) is 0.818. The van der Waals surface area contributed by atoms with E-state index in [9.17, 15) is 4.79 Å². The zero-order valence-electron chi connectivity index (χ0n) is 10.4. The fourth-order valence-corrected chi connectivity index (χ4v) is 2.30. The molecule has 0 saturated carbocycles. The number of rotatable bonds is 3. The van der Waals surface area contributed by atoms with E-state index in [2.05, 4.69) is 11.8 Å². The van der Waals surface area contributed by atoms with Crippen LogP contribution >= 0.6 is 12.2 Å². The van der Waals surface area contributed by atoms with Crippen molar-refractivity contribution in [2.45, 2.75) is 19.9 Å². The predicted molar refractivity (Wildman–Crippen MR) is 69.2 cm³/mol. The highest BCUT2D eigenvalue weighted by Gasteiger charge is 2.35. The molecule has 3 unspecified atom stereocenters. The van der Waals surface area contributed by atoms with E-state index >= 15 is 0 Å². The summed E-state index contributed by atoms with van der Waals surface area (Å²) in [4.78, 5) is 16.4. The second kappa shape index (κ2) is 5.10. The molecule has 1 fully saturated rings. The Bertz CT molecular complexity index is 293. The number of likely N-dealkylation sites (tertiary alicyclic amines) is 1. The topological polar surface area (TPSA) is 49.6 Å². The summed E-state index contributed by atoms with van der Waals surface area (Å²) in [6.07, 6.45) is 0. The quantitative estimate of drug-likeness (QED) is 0.725. The lowest BCUT2D eigenvalue weighted by Gasteiger charge is -2.23. The van der Waals surface area contributed by atoms with Crippen molar-refractivity contribution in [3.8, 4) is 0 Å². The Balaban J connectivity index is 2.65. The van der Waals surface area contributed by atoms with Gasteiger partial charge in [0.25, 0.3) is 0 Å². The van der Waals surface area contributed by atoms with E-state index in [-0.39, 0.29) is 16.8 Å². The lowest BCUT2D eigenvalue weighted by atomic mass is 10.1. The molecule has 0 aliphatic carbocycles. The van der Waals surface area contributed by atoms with Crippen molar-refractivity contribution in [3.63, 3.8) is 0 Å². The minimum Gasteiger partial charge on any atom is -0.393 e. The van der Waals surface area contributed by atoms with Crippen molar-refractivity contribution in [1.82, 2.24) is 9.80 Å². The first kappa shape index (κ1) is 13.4. The Labute approximate surface area is 103 Å². The van der Waals surface area contributed by atoms with Crippen LogP contribution in [0.15, 0.2) is 0 Å². The van der Waals surface area contributed by atoms with Crippen LogP contribution in [0.25, 0.3) is 0 Å². The van der Waals surface area contributed by atoms with Gasteiger partial charge in [0, 0.05) is 19.1 Å². The molecule has 1 aliphatic heterocycles. The number of nitrogens with two attached hydrogens (primary N) is 1. The van der Waals surface area contributed by atoms with Crippen LogP contribution in [0.5, 0.6) is 0 Å². The van der Waals surface area contributed by atoms with Crippen molar-refractivity contribution in [3.05, 3.63) is 0 Å². The minimum absolute atomic E-state index is 0.0590. The molecule has 0 aromatic carbocycles. The monoisotopic (exact) mass is 243 g/mol. The van der Waals surface area contributed by atoms with Crippen molar-refractivity contribution < 1.29 is 4.79 Å². The highest BCUT2D eigenvalue weighted by atomic mass is 32.1. The van der Waals surface area contributed by atoms with Crippen LogP contribution in [0.3, 0.4) is 0 Å². The average Bonchev–Trinajstić information content (AvgIpc) is 2.58. The standard InChI is InChI=1S/C11H21N3OS/c1-7-5-14(6-9(7)13(3)4)11(15)8(2)10(12)16/h7-9H,5-6H2,1-4H3,(H2,12,16). The Hall–Kier alpha value is -0.680. The molecule has 0 aromatic heterocycles. The molecule has 1 heterocycles. The average molecular weight is 243 g/mol. The van der Waals surface area contributed by atoms with Gasteiger partial charge in [-0.3, -0.25) is 4.79 Å². The number of carbonyl (C=O) groups excluding carboxylic acids is 1. The van der Waals surface area contributed by atoms with Gasteiger partial charge < -0.3 is 15.5 Å². The van der Waals surface area contributed by atoms with Crippen molar-refractivity contribution >= 4 is 23.1 Å². The van der Waals surface area contributed by atoms with Crippen LogP contribution < -0.4 is 5.73 Å². The highest BCUT2D eigenvalue weighted by molar-refractivity contribution is 7.80. The van der Waals surface area contributed by atoms with E-state index in [0.717, 1.165) is 13.1 Å². The summed E-state index contributed by atoms with van der Waals surface area (Å²) in [7, 11) is 4.10. The molecule has 2 N–H and O–H groups in total. The molecule has 1 aliphatic rings. The van der Waals surface area contributed by atoms with Gasteiger partial charge >= 0.3 is 0 Å². The smallest absolute Gasteiger partial charge is 0.232 e. The Morgan fingerprint density at radius 3 is 2.44 bits per heavy atom. The Morgan fingerprint density at radius 2 is 2.06 bits per heavy atom. The molecule has 0 spiro atoms. The third-order valence-electron chi connectivity index (χ3n) is 3.34. The zero-order chi connectivity index (χ0) is 12.5. The van der Waals surface area contributed by atoms with Gasteiger partial charge in [-0.2, -0.15) is 0 Å². The van der Waals surface area contributed by atoms with Gasteiger partial charge in [-0.05, 0) is 26.9 Å². The summed E-state index contributed by atoms with van der Waals surface area (Å²) in [5, 5.41) is 0. The number of nitrogens with zero attached hydrogens (tertiary/aromatic N) is 2. The van der Waals surface area contributed by atoms with Crippen molar-refractivity contribution in [2.75, 3.05) is 27.2 Å². The van der Waals surface area contributed by atoms with E-state index in [1.807, 2.05) is 19.0 Å². The predicted octanol–water partition coefficient (Wildman–Crippen LogP) is 0.317. The lowest BCUT2D eigenvalue weighted by molar-refractivity contribution is -0.132. The molecule has 1 amide bonds. The molecule has 1 rings (SSSR count). The Kier molecular flexibility index (Phi) is 4.27.